The zero-order valence-electron chi connectivity index (χ0n) is 48.2. The Bertz CT molecular complexity index is 1300. The topological polar surface area (TPSA) is 175 Å². The van der Waals surface area contributed by atoms with Crippen molar-refractivity contribution in [3.8, 4) is 0 Å². The molecule has 0 aromatic carbocycles. The van der Waals surface area contributed by atoms with Crippen LogP contribution in [0.5, 0.6) is 0 Å². The largest absolute Gasteiger partial charge is 0.454 e. The van der Waals surface area contributed by atoms with Crippen molar-refractivity contribution in [2.75, 3.05) is 13.2 Å². The minimum Gasteiger partial charge on any atom is -0.454 e. The van der Waals surface area contributed by atoms with Crippen LogP contribution in [0.2, 0.25) is 0 Å². The molecule has 6 N–H and O–H groups in total. The minimum atomic E-state index is -1.61. The maximum atomic E-state index is 13.4. The summed E-state index contributed by atoms with van der Waals surface area (Å²) in [5, 5.41) is 56.9. The fourth-order valence-electron chi connectivity index (χ4n) is 10.1. The molecule has 0 aromatic rings. The molecule has 11 nitrogen and oxygen atoms in total. The molecule has 0 spiro atoms. The number of rotatable bonds is 54. The predicted octanol–water partition coefficient (Wildman–Crippen LogP) is 14.9. The molecule has 1 fully saturated rings. The normalized spacial score (nSPS) is 19.4. The summed E-state index contributed by atoms with van der Waals surface area (Å²) in [5.41, 5.74) is 0. The number of hydrogen-bond donors (Lipinski definition) is 6. The van der Waals surface area contributed by atoms with Crippen LogP contribution in [0.15, 0.2) is 24.3 Å². The van der Waals surface area contributed by atoms with Crippen LogP contribution in [0.1, 0.15) is 303 Å². The Morgan fingerprint density at radius 1 is 0.514 bits per heavy atom. The van der Waals surface area contributed by atoms with Crippen molar-refractivity contribution in [3.63, 3.8) is 0 Å². The van der Waals surface area contributed by atoms with Crippen molar-refractivity contribution >= 4 is 11.9 Å². The first-order valence-corrected chi connectivity index (χ1v) is 31.6. The van der Waals surface area contributed by atoms with Crippen LogP contribution in [0.4, 0.5) is 0 Å². The van der Waals surface area contributed by atoms with E-state index >= 15 is 0 Å². The number of nitrogens with one attached hydrogen (secondary N) is 1. The number of carbonyl (C=O) groups excluding carboxylic acids is 2. The molecule has 11 heteroatoms. The summed E-state index contributed by atoms with van der Waals surface area (Å²) < 4.78 is 17.6. The lowest BCUT2D eigenvalue weighted by molar-refractivity contribution is -0.305. The standard InChI is InChI=1S/C63H119NO10/c1-4-7-10-13-16-19-22-24-25-26-27-28-29-30-31-32-33-36-38-41-44-47-50-56(67)62(71)64-54(55(66)49-46-43-40-37-35-23-20-17-14-11-8-5-2)53-72-63-61(60(70)59(69)57(52-65)73-63)74-58(68)51-48-45-42-39-34-21-18-15-12-9-6-3/h24-25,46,49,54-57,59-61,63,65-67,69-70H,4-23,26-45,47-48,50-53H2,1-3H3,(H,64,71)/b25-24+,49-46+. The van der Waals surface area contributed by atoms with Gasteiger partial charge in [-0.2, -0.15) is 0 Å². The number of amides is 1. The van der Waals surface area contributed by atoms with Crippen molar-refractivity contribution in [2.24, 2.45) is 0 Å². The molecule has 436 valence electrons. The summed E-state index contributed by atoms with van der Waals surface area (Å²) in [5.74, 6) is -1.18. The van der Waals surface area contributed by atoms with Crippen molar-refractivity contribution in [1.29, 1.82) is 0 Å². The van der Waals surface area contributed by atoms with Crippen LogP contribution >= 0.6 is 0 Å². The fourth-order valence-corrected chi connectivity index (χ4v) is 10.1. The van der Waals surface area contributed by atoms with Crippen LogP contribution in [0, 0.1) is 0 Å². The molecule has 1 aliphatic rings. The minimum absolute atomic E-state index is 0.129. The second kappa shape index (κ2) is 51.9. The predicted molar refractivity (Wildman–Crippen MR) is 306 cm³/mol. The van der Waals surface area contributed by atoms with Gasteiger partial charge in [0.2, 0.25) is 5.91 Å². The fraction of sp³-hybridized carbons (Fsp3) is 0.905. The Morgan fingerprint density at radius 3 is 1.31 bits per heavy atom. The maximum Gasteiger partial charge on any atom is 0.306 e. The highest BCUT2D eigenvalue weighted by Crippen LogP contribution is 2.26. The van der Waals surface area contributed by atoms with E-state index in [1.54, 1.807) is 6.08 Å². The van der Waals surface area contributed by atoms with E-state index in [1.165, 1.54) is 199 Å². The van der Waals surface area contributed by atoms with E-state index in [4.69, 9.17) is 14.2 Å². The van der Waals surface area contributed by atoms with Crippen molar-refractivity contribution < 1.29 is 49.3 Å². The van der Waals surface area contributed by atoms with Gasteiger partial charge in [0.25, 0.3) is 0 Å². The molecule has 0 aliphatic carbocycles. The highest BCUT2D eigenvalue weighted by atomic mass is 16.7. The first-order valence-electron chi connectivity index (χ1n) is 31.6. The highest BCUT2D eigenvalue weighted by Gasteiger charge is 2.47. The third kappa shape index (κ3) is 39.5. The van der Waals surface area contributed by atoms with E-state index in [2.05, 4.69) is 38.2 Å². The molecule has 1 saturated heterocycles. The summed E-state index contributed by atoms with van der Waals surface area (Å²) in [6, 6.07) is -1.02. The van der Waals surface area contributed by atoms with Gasteiger partial charge in [-0.3, -0.25) is 9.59 Å². The number of allylic oxidation sites excluding steroid dienone is 3. The summed E-state index contributed by atoms with van der Waals surface area (Å²) in [4.78, 5) is 26.5. The number of esters is 1. The molecule has 0 aromatic heterocycles. The van der Waals surface area contributed by atoms with E-state index < -0.39 is 67.4 Å². The average Bonchev–Trinajstić information content (AvgIpc) is 3.40. The molecule has 8 unspecified atom stereocenters. The van der Waals surface area contributed by atoms with Gasteiger partial charge in [-0.15, -0.1) is 0 Å². The lowest BCUT2D eigenvalue weighted by Crippen LogP contribution is -2.61. The molecular weight excluding hydrogens is 931 g/mol. The van der Waals surface area contributed by atoms with Gasteiger partial charge >= 0.3 is 5.97 Å². The van der Waals surface area contributed by atoms with Gasteiger partial charge < -0.3 is 45.1 Å². The lowest BCUT2D eigenvalue weighted by Gasteiger charge is -2.41. The first kappa shape index (κ1) is 70.2. The Hall–Kier alpha value is -1.86. The van der Waals surface area contributed by atoms with Crippen LogP contribution in [-0.4, -0.2) is 99.6 Å². The van der Waals surface area contributed by atoms with E-state index in [9.17, 15) is 35.1 Å². The number of carbonyl (C=O) groups is 2. The molecule has 8 atom stereocenters. The monoisotopic (exact) mass is 1050 g/mol. The maximum absolute atomic E-state index is 13.4. The van der Waals surface area contributed by atoms with Crippen molar-refractivity contribution in [2.45, 2.75) is 352 Å². The summed E-state index contributed by atoms with van der Waals surface area (Å²) in [7, 11) is 0. The molecule has 0 radical (unpaired) electrons. The Kier molecular flexibility index (Phi) is 49.2. The van der Waals surface area contributed by atoms with Crippen LogP contribution in [-0.2, 0) is 23.8 Å². The Morgan fingerprint density at radius 2 is 0.892 bits per heavy atom. The van der Waals surface area contributed by atoms with Crippen LogP contribution in [0.3, 0.4) is 0 Å². The van der Waals surface area contributed by atoms with E-state index in [0.29, 0.717) is 19.3 Å². The summed E-state index contributed by atoms with van der Waals surface area (Å²) >= 11 is 0. The lowest BCUT2D eigenvalue weighted by atomic mass is 9.99. The quantitative estimate of drug-likeness (QED) is 0.0195. The molecule has 1 amide bonds. The van der Waals surface area contributed by atoms with Gasteiger partial charge in [-0.25, -0.2) is 0 Å². The molecular formula is C63H119NO10. The van der Waals surface area contributed by atoms with Crippen molar-refractivity contribution in [3.05, 3.63) is 24.3 Å². The Labute approximate surface area is 454 Å². The molecule has 0 saturated carbocycles. The average molecular weight is 1050 g/mol. The second-order valence-corrected chi connectivity index (χ2v) is 22.1. The summed E-state index contributed by atoms with van der Waals surface area (Å²) in [6.45, 7) is 5.79. The molecule has 1 aliphatic heterocycles. The van der Waals surface area contributed by atoms with E-state index in [1.807, 2.05) is 6.08 Å². The number of unbranched alkanes of at least 4 members (excludes halogenated alkanes) is 38. The smallest absolute Gasteiger partial charge is 0.306 e. The van der Waals surface area contributed by atoms with Gasteiger partial charge in [-0.05, 0) is 51.4 Å². The number of aliphatic hydroxyl groups is 5. The van der Waals surface area contributed by atoms with Crippen molar-refractivity contribution in [1.82, 2.24) is 5.32 Å². The number of aliphatic hydroxyl groups excluding tert-OH is 5. The molecule has 1 rings (SSSR count). The van der Waals surface area contributed by atoms with Gasteiger partial charge in [0.15, 0.2) is 12.4 Å². The number of ether oxygens (including phenoxy) is 3. The zero-order valence-corrected chi connectivity index (χ0v) is 48.2. The Balaban J connectivity index is 2.61. The van der Waals surface area contributed by atoms with E-state index in [-0.39, 0.29) is 13.0 Å². The SMILES string of the molecule is CCCCCCCC/C=C/CCCCCCCCCCCCCCC(O)C(=O)NC(COC1OC(CO)C(O)C(O)C1OC(=O)CCCCCCCCCCCCC)C(O)/C=C/CCCCCCCCCCCC. The van der Waals surface area contributed by atoms with Crippen LogP contribution < -0.4 is 5.32 Å². The van der Waals surface area contributed by atoms with Gasteiger partial charge in [0.1, 0.15) is 24.4 Å². The zero-order chi connectivity index (χ0) is 54.0. The van der Waals surface area contributed by atoms with Gasteiger partial charge in [-0.1, -0.05) is 270 Å². The van der Waals surface area contributed by atoms with Gasteiger partial charge in [0, 0.05) is 6.42 Å². The third-order valence-corrected chi connectivity index (χ3v) is 15.1. The third-order valence-electron chi connectivity index (χ3n) is 15.1. The first-order chi connectivity index (χ1) is 36.2. The van der Waals surface area contributed by atoms with Crippen LogP contribution in [0.25, 0.3) is 0 Å². The molecule has 74 heavy (non-hydrogen) atoms. The number of hydrogen-bond acceptors (Lipinski definition) is 10. The summed E-state index contributed by atoms with van der Waals surface area (Å²) in [6.07, 6.45) is 49.4. The highest BCUT2D eigenvalue weighted by molar-refractivity contribution is 5.80. The van der Waals surface area contributed by atoms with E-state index in [0.717, 1.165) is 57.8 Å². The van der Waals surface area contributed by atoms with Gasteiger partial charge in [0.05, 0.1) is 25.4 Å². The molecule has 1 heterocycles. The second-order valence-electron chi connectivity index (χ2n) is 22.1. The molecule has 0 bridgehead atoms.